The lowest BCUT2D eigenvalue weighted by Gasteiger charge is -2.38. The maximum atomic E-state index is 13.3. The number of hydrogen-bond donors (Lipinski definition) is 3. The maximum absolute atomic E-state index is 13.3. The topological polar surface area (TPSA) is 98.7 Å². The van der Waals surface area contributed by atoms with Crippen LogP contribution in [-0.2, 0) is 14.4 Å². The van der Waals surface area contributed by atoms with Gasteiger partial charge in [-0.05, 0) is 37.6 Å². The van der Waals surface area contributed by atoms with E-state index in [0.29, 0.717) is 0 Å². The van der Waals surface area contributed by atoms with Gasteiger partial charge < -0.3 is 20.6 Å². The summed E-state index contributed by atoms with van der Waals surface area (Å²) in [4.78, 5) is 38.8. The Labute approximate surface area is 168 Å². The summed E-state index contributed by atoms with van der Waals surface area (Å²) in [5.41, 5.74) is -0.288. The molecule has 1 heterocycles. The van der Waals surface area contributed by atoms with Gasteiger partial charge in [-0.25, -0.2) is 4.79 Å². The molecule has 0 aromatic heterocycles. The van der Waals surface area contributed by atoms with Crippen LogP contribution in [0.1, 0.15) is 60.8 Å². The number of carbonyl (C=O) groups excluding carboxylic acids is 2. The molecule has 1 fully saturated rings. The fourth-order valence-corrected chi connectivity index (χ4v) is 3.40. The van der Waals surface area contributed by atoms with E-state index in [4.69, 9.17) is 0 Å². The van der Waals surface area contributed by atoms with Crippen molar-refractivity contribution in [3.05, 3.63) is 11.6 Å². The number of amides is 2. The van der Waals surface area contributed by atoms with Gasteiger partial charge in [-0.3, -0.25) is 9.59 Å². The molecule has 1 rings (SSSR count). The monoisotopic (exact) mass is 395 g/mol. The van der Waals surface area contributed by atoms with Crippen LogP contribution in [0.3, 0.4) is 0 Å². The molecular weight excluding hydrogens is 358 g/mol. The number of nitrogens with one attached hydrogen (secondary N) is 2. The molecule has 7 nitrogen and oxygen atoms in total. The zero-order valence-electron chi connectivity index (χ0n) is 18.3. The minimum atomic E-state index is -1.00. The lowest BCUT2D eigenvalue weighted by molar-refractivity contribution is -0.140. The first-order chi connectivity index (χ1) is 12.9. The zero-order valence-corrected chi connectivity index (χ0v) is 18.3. The third-order valence-corrected chi connectivity index (χ3v) is 5.26. The van der Waals surface area contributed by atoms with E-state index in [1.165, 1.54) is 6.92 Å². The third-order valence-electron chi connectivity index (χ3n) is 5.26. The summed E-state index contributed by atoms with van der Waals surface area (Å²) in [6.45, 7) is 12.0. The van der Waals surface area contributed by atoms with Crippen molar-refractivity contribution in [1.82, 2.24) is 15.5 Å². The Hall–Kier alpha value is -1.89. The number of carboxylic acid groups (broad SMARTS) is 1. The molecule has 0 aliphatic carbocycles. The van der Waals surface area contributed by atoms with E-state index >= 15 is 0 Å². The number of hydrogen-bond acceptors (Lipinski definition) is 4. The number of piperidine rings is 1. The van der Waals surface area contributed by atoms with Crippen molar-refractivity contribution in [3.8, 4) is 0 Å². The first kappa shape index (κ1) is 24.1. The largest absolute Gasteiger partial charge is 0.478 e. The summed E-state index contributed by atoms with van der Waals surface area (Å²) in [6.07, 6.45) is 4.42. The smallest absolute Gasteiger partial charge is 0.331 e. The Kier molecular flexibility index (Phi) is 8.67. The van der Waals surface area contributed by atoms with Crippen LogP contribution in [0.15, 0.2) is 11.6 Å². The van der Waals surface area contributed by atoms with Gasteiger partial charge in [0.1, 0.15) is 6.04 Å². The molecular formula is C21H37N3O4. The standard InChI is InChI=1S/C21H37N3O4/c1-13(2)16(12-14(3)20(27)28)24(7)19(26)17(21(4,5)6)23-18(25)15-10-8-9-11-22-15/h12-13,15-17,22H,8-11H2,1-7H3,(H,23,25)(H,27,28)/t15-,16-,17-/m1/s1. The van der Waals surface area contributed by atoms with E-state index in [1.807, 2.05) is 34.6 Å². The quantitative estimate of drug-likeness (QED) is 0.574. The van der Waals surface area contributed by atoms with Crippen LogP contribution in [0, 0.1) is 11.3 Å². The summed E-state index contributed by atoms with van der Waals surface area (Å²) in [5.74, 6) is -1.35. The van der Waals surface area contributed by atoms with Gasteiger partial charge in [-0.1, -0.05) is 47.1 Å². The van der Waals surface area contributed by atoms with Crippen LogP contribution in [0.25, 0.3) is 0 Å². The number of aliphatic carboxylic acids is 1. The molecule has 0 bridgehead atoms. The molecule has 0 aromatic rings. The molecule has 7 heteroatoms. The molecule has 2 amide bonds. The Morgan fingerprint density at radius 3 is 2.25 bits per heavy atom. The Balaban J connectivity index is 3.05. The van der Waals surface area contributed by atoms with Crippen LogP contribution < -0.4 is 10.6 Å². The number of rotatable bonds is 7. The second-order valence-corrected chi connectivity index (χ2v) is 9.15. The van der Waals surface area contributed by atoms with Gasteiger partial charge >= 0.3 is 5.97 Å². The highest BCUT2D eigenvalue weighted by atomic mass is 16.4. The van der Waals surface area contributed by atoms with E-state index in [-0.39, 0.29) is 35.4 Å². The fourth-order valence-electron chi connectivity index (χ4n) is 3.40. The highest BCUT2D eigenvalue weighted by Gasteiger charge is 2.38. The molecule has 0 radical (unpaired) electrons. The van der Waals surface area contributed by atoms with Gasteiger partial charge in [0.15, 0.2) is 0 Å². The summed E-state index contributed by atoms with van der Waals surface area (Å²) >= 11 is 0. The first-order valence-corrected chi connectivity index (χ1v) is 10.1. The van der Waals surface area contributed by atoms with Crippen LogP contribution in [0.4, 0.5) is 0 Å². The maximum Gasteiger partial charge on any atom is 0.331 e. The molecule has 3 atom stereocenters. The van der Waals surface area contributed by atoms with Gasteiger partial charge in [0, 0.05) is 12.6 Å². The van der Waals surface area contributed by atoms with Gasteiger partial charge in [0.05, 0.1) is 12.1 Å². The third kappa shape index (κ3) is 6.62. The van der Waals surface area contributed by atoms with Crippen LogP contribution in [0.5, 0.6) is 0 Å². The van der Waals surface area contributed by atoms with Crippen molar-refractivity contribution >= 4 is 17.8 Å². The van der Waals surface area contributed by atoms with Gasteiger partial charge in [0.2, 0.25) is 11.8 Å². The van der Waals surface area contributed by atoms with E-state index in [0.717, 1.165) is 25.8 Å². The van der Waals surface area contributed by atoms with Gasteiger partial charge in [-0.2, -0.15) is 0 Å². The van der Waals surface area contributed by atoms with Crippen molar-refractivity contribution < 1.29 is 19.5 Å². The molecule has 1 aliphatic rings. The van der Waals surface area contributed by atoms with E-state index in [9.17, 15) is 19.5 Å². The lowest BCUT2D eigenvalue weighted by atomic mass is 9.84. The van der Waals surface area contributed by atoms with Crippen molar-refractivity contribution in [1.29, 1.82) is 0 Å². The SMILES string of the molecule is CC(=C[C@H](C(C)C)N(C)C(=O)[C@@H](NC(=O)[C@H]1CCCCN1)C(C)(C)C)C(=O)O. The second-order valence-electron chi connectivity index (χ2n) is 9.15. The molecule has 1 saturated heterocycles. The Morgan fingerprint density at radius 2 is 1.82 bits per heavy atom. The minimum absolute atomic E-state index is 0.0274. The fraction of sp³-hybridized carbons (Fsp3) is 0.762. The lowest BCUT2D eigenvalue weighted by Crippen LogP contribution is -2.59. The highest BCUT2D eigenvalue weighted by molar-refractivity contribution is 5.91. The molecule has 1 aliphatic heterocycles. The van der Waals surface area contributed by atoms with Gasteiger partial charge in [-0.15, -0.1) is 0 Å². The highest BCUT2D eigenvalue weighted by Crippen LogP contribution is 2.24. The van der Waals surface area contributed by atoms with Crippen molar-refractivity contribution in [2.24, 2.45) is 11.3 Å². The number of carboxylic acids is 1. The predicted molar refractivity (Wildman–Crippen MR) is 110 cm³/mol. The summed E-state index contributed by atoms with van der Waals surface area (Å²) in [5, 5.41) is 15.4. The molecule has 0 saturated carbocycles. The average molecular weight is 396 g/mol. The van der Waals surface area contributed by atoms with E-state index < -0.39 is 17.4 Å². The second kappa shape index (κ2) is 10.0. The van der Waals surface area contributed by atoms with E-state index in [1.54, 1.807) is 18.0 Å². The molecule has 0 aromatic carbocycles. The van der Waals surface area contributed by atoms with Crippen LogP contribution >= 0.6 is 0 Å². The van der Waals surface area contributed by atoms with Gasteiger partial charge in [0.25, 0.3) is 0 Å². The summed E-state index contributed by atoms with van der Waals surface area (Å²) < 4.78 is 0. The molecule has 160 valence electrons. The summed E-state index contributed by atoms with van der Waals surface area (Å²) in [6, 6.07) is -1.35. The zero-order chi connectivity index (χ0) is 21.6. The molecule has 0 unspecified atom stereocenters. The predicted octanol–water partition coefficient (Wildman–Crippen LogP) is 2.17. The van der Waals surface area contributed by atoms with Crippen molar-refractivity contribution in [2.75, 3.05) is 13.6 Å². The van der Waals surface area contributed by atoms with Crippen molar-refractivity contribution in [3.63, 3.8) is 0 Å². The average Bonchev–Trinajstić information content (AvgIpc) is 2.61. The normalized spacial score (nSPS) is 20.4. The molecule has 28 heavy (non-hydrogen) atoms. The van der Waals surface area contributed by atoms with Crippen LogP contribution in [-0.4, -0.2) is 59.5 Å². The number of carbonyl (C=O) groups is 3. The van der Waals surface area contributed by atoms with Crippen molar-refractivity contribution in [2.45, 2.75) is 78.9 Å². The molecule has 3 N–H and O–H groups in total. The Morgan fingerprint density at radius 1 is 1.21 bits per heavy atom. The molecule has 0 spiro atoms. The summed E-state index contributed by atoms with van der Waals surface area (Å²) in [7, 11) is 1.67. The first-order valence-electron chi connectivity index (χ1n) is 10.1. The van der Waals surface area contributed by atoms with Crippen LogP contribution in [0.2, 0.25) is 0 Å². The number of nitrogens with zero attached hydrogens (tertiary/aromatic N) is 1. The Bertz CT molecular complexity index is 601. The minimum Gasteiger partial charge on any atom is -0.478 e. The van der Waals surface area contributed by atoms with E-state index in [2.05, 4.69) is 10.6 Å². The number of likely N-dealkylation sites (N-methyl/N-ethyl adjacent to an activating group) is 1.